The first kappa shape index (κ1) is 11.7. The summed E-state index contributed by atoms with van der Waals surface area (Å²) in [5, 5.41) is 0. The first-order valence-electron chi connectivity index (χ1n) is 5.00. The highest BCUT2D eigenvalue weighted by atomic mass is 79.9. The Labute approximate surface area is 107 Å². The van der Waals surface area contributed by atoms with Crippen LogP contribution in [0.4, 0.5) is 5.82 Å². The van der Waals surface area contributed by atoms with Gasteiger partial charge in [-0.15, -0.1) is 0 Å². The third kappa shape index (κ3) is 2.50. The lowest BCUT2D eigenvalue weighted by atomic mass is 10.3. The van der Waals surface area contributed by atoms with Crippen molar-refractivity contribution >= 4 is 27.7 Å². The predicted molar refractivity (Wildman–Crippen MR) is 68.9 cm³/mol. The zero-order valence-electron chi connectivity index (χ0n) is 9.17. The number of pyridine rings is 2. The minimum atomic E-state index is -0.198. The first-order chi connectivity index (χ1) is 8.20. The minimum absolute atomic E-state index is 0.198. The molecule has 86 valence electrons. The normalized spacial score (nSPS) is 10.0. The summed E-state index contributed by atoms with van der Waals surface area (Å²) in [5.41, 5.74) is 0.376. The fourth-order valence-corrected chi connectivity index (χ4v) is 1.78. The van der Waals surface area contributed by atoms with Crippen LogP contribution in [0.5, 0.6) is 0 Å². The molecule has 0 aromatic carbocycles. The maximum Gasteiger partial charge on any atom is 0.278 e. The van der Waals surface area contributed by atoms with E-state index < -0.39 is 0 Å². The van der Waals surface area contributed by atoms with E-state index in [1.165, 1.54) is 4.90 Å². The zero-order chi connectivity index (χ0) is 12.3. The number of carbonyl (C=O) groups excluding carboxylic acids is 1. The summed E-state index contributed by atoms with van der Waals surface area (Å²) in [6.45, 7) is 0. The molecule has 0 saturated carbocycles. The molecule has 0 bridgehead atoms. The second kappa shape index (κ2) is 5.05. The highest BCUT2D eigenvalue weighted by Crippen LogP contribution is 2.17. The lowest BCUT2D eigenvalue weighted by Gasteiger charge is -2.15. The molecular formula is C12H10BrN3O. The summed E-state index contributed by atoms with van der Waals surface area (Å²) in [6, 6.07) is 8.96. The van der Waals surface area contributed by atoms with E-state index in [1.807, 2.05) is 6.07 Å². The highest BCUT2D eigenvalue weighted by molar-refractivity contribution is 9.10. The molecule has 0 fully saturated rings. The van der Waals surface area contributed by atoms with E-state index in [4.69, 9.17) is 0 Å². The number of halogens is 1. The Kier molecular flexibility index (Phi) is 3.49. The molecule has 2 heterocycles. The van der Waals surface area contributed by atoms with Gasteiger partial charge in [0.2, 0.25) is 0 Å². The van der Waals surface area contributed by atoms with Gasteiger partial charge in [-0.2, -0.15) is 0 Å². The van der Waals surface area contributed by atoms with Gasteiger partial charge in [0.15, 0.2) is 0 Å². The number of rotatable bonds is 2. The van der Waals surface area contributed by atoms with Crippen LogP contribution in [-0.2, 0) is 0 Å². The van der Waals surface area contributed by atoms with Crippen LogP contribution in [0.3, 0.4) is 0 Å². The standard InChI is InChI=1S/C12H10BrN3O/c1-16(10-6-2-3-7-14-10)12(17)11-9(13)5-4-8-15-11/h2-8H,1H3. The number of anilines is 1. The average molecular weight is 292 g/mol. The molecule has 2 aromatic heterocycles. The van der Waals surface area contributed by atoms with Crippen LogP contribution in [0.25, 0.3) is 0 Å². The van der Waals surface area contributed by atoms with Crippen molar-refractivity contribution in [3.05, 3.63) is 52.9 Å². The van der Waals surface area contributed by atoms with Crippen LogP contribution in [0.1, 0.15) is 10.5 Å². The second-order valence-corrected chi connectivity index (χ2v) is 4.24. The molecule has 0 saturated heterocycles. The van der Waals surface area contributed by atoms with Crippen molar-refractivity contribution in [2.24, 2.45) is 0 Å². The molecule has 1 amide bonds. The van der Waals surface area contributed by atoms with E-state index >= 15 is 0 Å². The molecule has 0 atom stereocenters. The topological polar surface area (TPSA) is 46.1 Å². The maximum absolute atomic E-state index is 12.2. The van der Waals surface area contributed by atoms with E-state index in [9.17, 15) is 4.79 Å². The van der Waals surface area contributed by atoms with E-state index in [-0.39, 0.29) is 5.91 Å². The fraction of sp³-hybridized carbons (Fsp3) is 0.0833. The zero-order valence-corrected chi connectivity index (χ0v) is 10.8. The molecule has 2 rings (SSSR count). The van der Waals surface area contributed by atoms with E-state index in [1.54, 1.807) is 43.7 Å². The van der Waals surface area contributed by atoms with Crippen molar-refractivity contribution in [1.82, 2.24) is 9.97 Å². The number of carbonyl (C=O) groups is 1. The van der Waals surface area contributed by atoms with Crippen molar-refractivity contribution in [2.45, 2.75) is 0 Å². The molecule has 0 N–H and O–H groups in total. The van der Waals surface area contributed by atoms with Gasteiger partial charge in [0.1, 0.15) is 11.5 Å². The predicted octanol–water partition coefficient (Wildman–Crippen LogP) is 2.52. The Morgan fingerprint density at radius 3 is 2.59 bits per heavy atom. The van der Waals surface area contributed by atoms with Crippen molar-refractivity contribution in [3.63, 3.8) is 0 Å². The number of hydrogen-bond acceptors (Lipinski definition) is 3. The Morgan fingerprint density at radius 1 is 1.18 bits per heavy atom. The molecule has 0 radical (unpaired) electrons. The summed E-state index contributed by atoms with van der Waals surface area (Å²) in [6.07, 6.45) is 3.23. The van der Waals surface area contributed by atoms with Gasteiger partial charge in [0.05, 0.1) is 0 Å². The van der Waals surface area contributed by atoms with Crippen LogP contribution in [-0.4, -0.2) is 22.9 Å². The molecule has 17 heavy (non-hydrogen) atoms. The molecule has 0 aliphatic carbocycles. The van der Waals surface area contributed by atoms with Crippen LogP contribution in [0.2, 0.25) is 0 Å². The summed E-state index contributed by atoms with van der Waals surface area (Å²) in [5.74, 6) is 0.395. The lowest BCUT2D eigenvalue weighted by Crippen LogP contribution is -2.28. The van der Waals surface area contributed by atoms with Crippen LogP contribution < -0.4 is 4.90 Å². The quantitative estimate of drug-likeness (QED) is 0.854. The van der Waals surface area contributed by atoms with Crippen LogP contribution in [0, 0.1) is 0 Å². The fourth-order valence-electron chi connectivity index (χ4n) is 1.36. The van der Waals surface area contributed by atoms with Gasteiger partial charge in [-0.3, -0.25) is 9.69 Å². The van der Waals surface area contributed by atoms with Gasteiger partial charge in [-0.25, -0.2) is 9.97 Å². The SMILES string of the molecule is CN(C(=O)c1ncccc1Br)c1ccccn1. The molecule has 5 heteroatoms. The first-order valence-corrected chi connectivity index (χ1v) is 5.79. The molecule has 0 aliphatic heterocycles. The van der Waals surface area contributed by atoms with Crippen LogP contribution >= 0.6 is 15.9 Å². The van der Waals surface area contributed by atoms with Crippen LogP contribution in [0.15, 0.2) is 47.2 Å². The summed E-state index contributed by atoms with van der Waals surface area (Å²) in [4.78, 5) is 21.8. The van der Waals surface area contributed by atoms with E-state index in [2.05, 4.69) is 25.9 Å². The second-order valence-electron chi connectivity index (χ2n) is 3.39. The van der Waals surface area contributed by atoms with Gasteiger partial charge in [0.25, 0.3) is 5.91 Å². The largest absolute Gasteiger partial charge is 0.294 e. The number of hydrogen-bond donors (Lipinski definition) is 0. The van der Waals surface area contributed by atoms with Crippen molar-refractivity contribution < 1.29 is 4.79 Å². The Morgan fingerprint density at radius 2 is 1.94 bits per heavy atom. The van der Waals surface area contributed by atoms with Gasteiger partial charge in [-0.05, 0) is 40.2 Å². The molecule has 2 aromatic rings. The minimum Gasteiger partial charge on any atom is -0.294 e. The third-order valence-electron chi connectivity index (χ3n) is 2.26. The Balaban J connectivity index is 2.30. The Bertz CT molecular complexity index is 530. The highest BCUT2D eigenvalue weighted by Gasteiger charge is 2.17. The summed E-state index contributed by atoms with van der Waals surface area (Å²) < 4.78 is 0.674. The van der Waals surface area contributed by atoms with Gasteiger partial charge >= 0.3 is 0 Å². The van der Waals surface area contributed by atoms with Crippen molar-refractivity contribution in [1.29, 1.82) is 0 Å². The molecule has 4 nitrogen and oxygen atoms in total. The summed E-state index contributed by atoms with van der Waals surface area (Å²) in [7, 11) is 1.67. The number of amides is 1. The Hall–Kier alpha value is -1.75. The monoisotopic (exact) mass is 291 g/mol. The molecule has 0 aliphatic rings. The third-order valence-corrected chi connectivity index (χ3v) is 2.90. The number of nitrogens with zero attached hydrogens (tertiary/aromatic N) is 3. The van der Waals surface area contributed by atoms with Gasteiger partial charge in [-0.1, -0.05) is 6.07 Å². The summed E-state index contributed by atoms with van der Waals surface area (Å²) >= 11 is 3.31. The van der Waals surface area contributed by atoms with Gasteiger partial charge < -0.3 is 0 Å². The van der Waals surface area contributed by atoms with Gasteiger partial charge in [0, 0.05) is 23.9 Å². The number of aromatic nitrogens is 2. The van der Waals surface area contributed by atoms with Crippen molar-refractivity contribution in [2.75, 3.05) is 11.9 Å². The molecule has 0 unspecified atom stereocenters. The van der Waals surface area contributed by atoms with Crippen molar-refractivity contribution in [3.8, 4) is 0 Å². The smallest absolute Gasteiger partial charge is 0.278 e. The van der Waals surface area contributed by atoms with E-state index in [0.29, 0.717) is 16.0 Å². The average Bonchev–Trinajstić information content (AvgIpc) is 2.39. The maximum atomic E-state index is 12.2. The molecule has 0 spiro atoms. The lowest BCUT2D eigenvalue weighted by molar-refractivity contribution is 0.0987. The van der Waals surface area contributed by atoms with E-state index in [0.717, 1.165) is 0 Å². The molecular weight excluding hydrogens is 282 g/mol.